The molecule has 0 aromatic carbocycles. The molecule has 0 amide bonds. The van der Waals surface area contributed by atoms with Crippen molar-refractivity contribution < 1.29 is 0 Å². The molecular weight excluding hydrogens is 274 g/mol. The molecule has 2 aliphatic carbocycles. The summed E-state index contributed by atoms with van der Waals surface area (Å²) in [5.74, 6) is 8.16. The summed E-state index contributed by atoms with van der Waals surface area (Å²) >= 11 is 6.37. The molecule has 0 bridgehead atoms. The van der Waals surface area contributed by atoms with E-state index in [0.29, 0.717) is 5.92 Å². The minimum absolute atomic E-state index is 0.141. The highest BCUT2D eigenvalue weighted by atomic mass is 35.5. The summed E-state index contributed by atoms with van der Waals surface area (Å²) in [4.78, 5) is 2.15. The third-order valence-corrected chi connectivity index (χ3v) is 5.22. The molecule has 3 N–H and O–H groups in total. The van der Waals surface area contributed by atoms with Crippen molar-refractivity contribution in [2.75, 3.05) is 20.6 Å². The Balaban J connectivity index is 1.78. The van der Waals surface area contributed by atoms with Crippen LogP contribution in [0, 0.1) is 17.8 Å². The molecule has 6 heteroatoms. The summed E-state index contributed by atoms with van der Waals surface area (Å²) in [6.07, 6.45) is 5.81. The Kier molecular flexibility index (Phi) is 4.04. The fourth-order valence-electron chi connectivity index (χ4n) is 3.90. The van der Waals surface area contributed by atoms with Crippen LogP contribution in [0.3, 0.4) is 0 Å². The number of hydrogen-bond acceptors (Lipinski definition) is 4. The molecule has 2 saturated carbocycles. The SMILES string of the molecule is CN(C)CCn1ncc(Cl)c1C(NN)C1C2CCCC21. The lowest BCUT2D eigenvalue weighted by atomic mass is 10.0. The maximum absolute atomic E-state index is 6.37. The van der Waals surface area contributed by atoms with E-state index in [4.69, 9.17) is 17.4 Å². The number of hydrogen-bond donors (Lipinski definition) is 2. The van der Waals surface area contributed by atoms with E-state index < -0.39 is 0 Å². The van der Waals surface area contributed by atoms with Crippen LogP contribution in [-0.2, 0) is 6.54 Å². The molecule has 0 saturated heterocycles. The fourth-order valence-corrected chi connectivity index (χ4v) is 4.16. The number of hydrazine groups is 1. The van der Waals surface area contributed by atoms with Gasteiger partial charge in [0.05, 0.1) is 29.5 Å². The third kappa shape index (κ3) is 2.48. The van der Waals surface area contributed by atoms with Gasteiger partial charge in [-0.3, -0.25) is 16.0 Å². The van der Waals surface area contributed by atoms with Gasteiger partial charge in [0.15, 0.2) is 0 Å². The predicted molar refractivity (Wildman–Crippen MR) is 80.2 cm³/mol. The Labute approximate surface area is 125 Å². The topological polar surface area (TPSA) is 59.1 Å². The van der Waals surface area contributed by atoms with E-state index in [2.05, 4.69) is 29.5 Å². The van der Waals surface area contributed by atoms with Gasteiger partial charge in [0.2, 0.25) is 0 Å². The number of nitrogens with zero attached hydrogens (tertiary/aromatic N) is 3. The van der Waals surface area contributed by atoms with Crippen LogP contribution in [0.5, 0.6) is 0 Å². The lowest BCUT2D eigenvalue weighted by molar-refractivity contribution is 0.349. The second-order valence-corrected chi connectivity index (χ2v) is 6.79. The smallest absolute Gasteiger partial charge is 0.0834 e. The Hall–Kier alpha value is -0.620. The van der Waals surface area contributed by atoms with Crippen molar-refractivity contribution in [3.8, 4) is 0 Å². The molecule has 0 radical (unpaired) electrons. The number of halogens is 1. The zero-order chi connectivity index (χ0) is 14.3. The van der Waals surface area contributed by atoms with Crippen molar-refractivity contribution in [2.45, 2.75) is 31.8 Å². The van der Waals surface area contributed by atoms with Gasteiger partial charge in [-0.15, -0.1) is 0 Å². The van der Waals surface area contributed by atoms with E-state index in [1.165, 1.54) is 19.3 Å². The molecule has 3 atom stereocenters. The van der Waals surface area contributed by atoms with Crippen LogP contribution in [0.1, 0.15) is 31.0 Å². The first kappa shape index (κ1) is 14.3. The molecule has 1 aromatic rings. The Morgan fingerprint density at radius 1 is 1.50 bits per heavy atom. The maximum atomic E-state index is 6.37. The van der Waals surface area contributed by atoms with Gasteiger partial charge in [-0.25, -0.2) is 0 Å². The van der Waals surface area contributed by atoms with Crippen molar-refractivity contribution >= 4 is 11.6 Å². The minimum Gasteiger partial charge on any atom is -0.308 e. The second kappa shape index (κ2) is 5.64. The average Bonchev–Trinajstić information content (AvgIpc) is 2.77. The zero-order valence-corrected chi connectivity index (χ0v) is 13.0. The first-order valence-corrected chi connectivity index (χ1v) is 7.83. The molecule has 0 spiro atoms. The van der Waals surface area contributed by atoms with E-state index >= 15 is 0 Å². The van der Waals surface area contributed by atoms with E-state index in [9.17, 15) is 0 Å². The maximum Gasteiger partial charge on any atom is 0.0834 e. The Bertz CT molecular complexity index is 462. The van der Waals surface area contributed by atoms with Crippen LogP contribution in [0.4, 0.5) is 0 Å². The highest BCUT2D eigenvalue weighted by Gasteiger charge is 2.56. The number of aromatic nitrogens is 2. The molecule has 0 aliphatic heterocycles. The van der Waals surface area contributed by atoms with E-state index in [1.54, 1.807) is 6.20 Å². The van der Waals surface area contributed by atoms with Gasteiger partial charge in [-0.05, 0) is 44.7 Å². The van der Waals surface area contributed by atoms with Gasteiger partial charge >= 0.3 is 0 Å². The lowest BCUT2D eigenvalue weighted by Gasteiger charge is -2.21. The van der Waals surface area contributed by atoms with Crippen LogP contribution < -0.4 is 11.3 Å². The molecule has 1 heterocycles. The highest BCUT2D eigenvalue weighted by molar-refractivity contribution is 6.31. The molecule has 2 aliphatic rings. The van der Waals surface area contributed by atoms with Gasteiger partial charge in [0.1, 0.15) is 0 Å². The van der Waals surface area contributed by atoms with E-state index in [-0.39, 0.29) is 6.04 Å². The molecule has 3 rings (SSSR count). The summed E-state index contributed by atoms with van der Waals surface area (Å²) in [6, 6.07) is 0.141. The van der Waals surface area contributed by atoms with Crippen molar-refractivity contribution in [1.29, 1.82) is 0 Å². The number of likely N-dealkylation sites (N-methyl/N-ethyl adjacent to an activating group) is 1. The summed E-state index contributed by atoms with van der Waals surface area (Å²) < 4.78 is 2.01. The van der Waals surface area contributed by atoms with Gasteiger partial charge < -0.3 is 4.90 Å². The van der Waals surface area contributed by atoms with E-state index in [1.807, 2.05) is 4.68 Å². The van der Waals surface area contributed by atoms with Gasteiger partial charge in [0, 0.05) is 6.54 Å². The van der Waals surface area contributed by atoms with Crippen molar-refractivity contribution in [3.63, 3.8) is 0 Å². The second-order valence-electron chi connectivity index (χ2n) is 6.38. The first-order chi connectivity index (χ1) is 9.63. The first-order valence-electron chi connectivity index (χ1n) is 7.45. The fraction of sp³-hybridized carbons (Fsp3) is 0.786. The third-order valence-electron chi connectivity index (χ3n) is 4.92. The Morgan fingerprint density at radius 2 is 2.20 bits per heavy atom. The number of nitrogens with one attached hydrogen (secondary N) is 1. The van der Waals surface area contributed by atoms with Crippen LogP contribution >= 0.6 is 11.6 Å². The normalized spacial score (nSPS) is 29.8. The predicted octanol–water partition coefficient (Wildman–Crippen LogP) is 1.65. The van der Waals surface area contributed by atoms with Crippen LogP contribution in [0.15, 0.2) is 6.20 Å². The van der Waals surface area contributed by atoms with Crippen molar-refractivity contribution in [3.05, 3.63) is 16.9 Å². The number of fused-ring (bicyclic) bond motifs is 1. The minimum atomic E-state index is 0.141. The molecule has 2 fully saturated rings. The summed E-state index contributed by atoms with van der Waals surface area (Å²) in [5.41, 5.74) is 4.07. The standard InChI is InChI=1S/C14H24ClN5/c1-19(2)6-7-20-14(11(15)8-17-20)13(18-16)12-9-4-3-5-10(9)12/h8-10,12-13,18H,3-7,16H2,1-2H3. The van der Waals surface area contributed by atoms with Crippen LogP contribution in [-0.4, -0.2) is 35.3 Å². The lowest BCUT2D eigenvalue weighted by Crippen LogP contribution is -2.33. The van der Waals surface area contributed by atoms with Crippen molar-refractivity contribution in [2.24, 2.45) is 23.6 Å². The molecule has 20 heavy (non-hydrogen) atoms. The summed E-state index contributed by atoms with van der Waals surface area (Å²) in [7, 11) is 4.13. The monoisotopic (exact) mass is 297 g/mol. The highest BCUT2D eigenvalue weighted by Crippen LogP contribution is 2.62. The van der Waals surface area contributed by atoms with Crippen molar-refractivity contribution in [1.82, 2.24) is 20.1 Å². The van der Waals surface area contributed by atoms with E-state index in [0.717, 1.165) is 35.6 Å². The molecule has 112 valence electrons. The molecule has 1 aromatic heterocycles. The largest absolute Gasteiger partial charge is 0.308 e. The zero-order valence-electron chi connectivity index (χ0n) is 12.2. The molecule has 3 unspecified atom stereocenters. The molecule has 5 nitrogen and oxygen atoms in total. The van der Waals surface area contributed by atoms with Gasteiger partial charge in [-0.1, -0.05) is 18.0 Å². The van der Waals surface area contributed by atoms with Gasteiger partial charge in [-0.2, -0.15) is 5.10 Å². The Morgan fingerprint density at radius 3 is 2.80 bits per heavy atom. The average molecular weight is 298 g/mol. The van der Waals surface area contributed by atoms with Crippen LogP contribution in [0.25, 0.3) is 0 Å². The quantitative estimate of drug-likeness (QED) is 0.619. The van der Waals surface area contributed by atoms with Crippen LogP contribution in [0.2, 0.25) is 5.02 Å². The summed E-state index contributed by atoms with van der Waals surface area (Å²) in [6.45, 7) is 1.79. The number of rotatable bonds is 6. The van der Waals surface area contributed by atoms with Gasteiger partial charge in [0.25, 0.3) is 0 Å². The number of nitrogens with two attached hydrogens (primary N) is 1. The summed E-state index contributed by atoms with van der Waals surface area (Å²) in [5, 5.41) is 5.16. The molecular formula is C14H24ClN5.